The molecule has 0 aliphatic carbocycles. The van der Waals surface area contributed by atoms with E-state index in [2.05, 4.69) is 10.1 Å². The highest BCUT2D eigenvalue weighted by Crippen LogP contribution is 2.15. The molecule has 1 N–H and O–H groups in total. The number of rotatable bonds is 8. The quantitative estimate of drug-likeness (QED) is 0.568. The van der Waals surface area contributed by atoms with Crippen molar-refractivity contribution in [2.45, 2.75) is 26.8 Å². The monoisotopic (exact) mass is 255 g/mol. The van der Waals surface area contributed by atoms with Crippen molar-refractivity contribution < 1.29 is 18.7 Å². The van der Waals surface area contributed by atoms with Crippen molar-refractivity contribution in [2.24, 2.45) is 0 Å². The SMILES string of the molecule is CCOCCCNCc1cc(C(=O)OC)c(C)o1. The van der Waals surface area contributed by atoms with Gasteiger partial charge in [0.05, 0.1) is 13.7 Å². The highest BCUT2D eigenvalue weighted by molar-refractivity contribution is 5.90. The van der Waals surface area contributed by atoms with E-state index in [0.717, 1.165) is 31.9 Å². The minimum atomic E-state index is -0.362. The van der Waals surface area contributed by atoms with Crippen LogP contribution in [0.3, 0.4) is 0 Å². The van der Waals surface area contributed by atoms with E-state index in [0.29, 0.717) is 17.9 Å². The molecule has 0 fully saturated rings. The van der Waals surface area contributed by atoms with Crippen LogP contribution in [0.25, 0.3) is 0 Å². The largest absolute Gasteiger partial charge is 0.465 e. The van der Waals surface area contributed by atoms with Crippen LogP contribution >= 0.6 is 0 Å². The van der Waals surface area contributed by atoms with E-state index in [-0.39, 0.29) is 5.97 Å². The number of ether oxygens (including phenoxy) is 2. The molecule has 0 aliphatic heterocycles. The van der Waals surface area contributed by atoms with Gasteiger partial charge in [-0.15, -0.1) is 0 Å². The highest BCUT2D eigenvalue weighted by atomic mass is 16.5. The second kappa shape index (κ2) is 7.89. The zero-order chi connectivity index (χ0) is 13.4. The molecule has 0 radical (unpaired) electrons. The fourth-order valence-electron chi connectivity index (χ4n) is 1.60. The van der Waals surface area contributed by atoms with Crippen molar-refractivity contribution in [2.75, 3.05) is 26.9 Å². The van der Waals surface area contributed by atoms with E-state index in [1.807, 2.05) is 6.92 Å². The first-order valence-corrected chi connectivity index (χ1v) is 6.15. The number of methoxy groups -OCH3 is 1. The summed E-state index contributed by atoms with van der Waals surface area (Å²) in [6, 6.07) is 1.72. The molecule has 1 rings (SSSR count). The maximum absolute atomic E-state index is 11.4. The number of aryl methyl sites for hydroxylation is 1. The van der Waals surface area contributed by atoms with Gasteiger partial charge in [-0.3, -0.25) is 0 Å². The van der Waals surface area contributed by atoms with E-state index >= 15 is 0 Å². The minimum absolute atomic E-state index is 0.362. The number of esters is 1. The first-order valence-electron chi connectivity index (χ1n) is 6.15. The minimum Gasteiger partial charge on any atom is -0.465 e. The number of nitrogens with one attached hydrogen (secondary N) is 1. The summed E-state index contributed by atoms with van der Waals surface area (Å²) in [6.07, 6.45) is 0.956. The topological polar surface area (TPSA) is 60.7 Å². The molecule has 0 aliphatic rings. The molecule has 5 heteroatoms. The molecule has 1 aromatic heterocycles. The van der Waals surface area contributed by atoms with Gasteiger partial charge in [0.1, 0.15) is 17.1 Å². The lowest BCUT2D eigenvalue weighted by atomic mass is 10.2. The van der Waals surface area contributed by atoms with Gasteiger partial charge >= 0.3 is 5.97 Å². The Morgan fingerprint density at radius 3 is 2.94 bits per heavy atom. The smallest absolute Gasteiger partial charge is 0.341 e. The number of hydrogen-bond acceptors (Lipinski definition) is 5. The van der Waals surface area contributed by atoms with Crippen molar-refractivity contribution in [3.05, 3.63) is 23.2 Å². The maximum Gasteiger partial charge on any atom is 0.341 e. The molecule has 0 atom stereocenters. The predicted molar refractivity (Wildman–Crippen MR) is 67.6 cm³/mol. The van der Waals surface area contributed by atoms with Crippen molar-refractivity contribution in [3.8, 4) is 0 Å². The van der Waals surface area contributed by atoms with Crippen LogP contribution < -0.4 is 5.32 Å². The zero-order valence-corrected chi connectivity index (χ0v) is 11.2. The number of hydrogen-bond donors (Lipinski definition) is 1. The van der Waals surface area contributed by atoms with Crippen LogP contribution in [0.1, 0.15) is 35.2 Å². The molecular formula is C13H21NO4. The lowest BCUT2D eigenvalue weighted by Crippen LogP contribution is -2.16. The molecule has 1 aromatic rings. The van der Waals surface area contributed by atoms with Gasteiger partial charge in [0, 0.05) is 13.2 Å². The van der Waals surface area contributed by atoms with Gasteiger partial charge in [-0.1, -0.05) is 0 Å². The highest BCUT2D eigenvalue weighted by Gasteiger charge is 2.14. The van der Waals surface area contributed by atoms with Crippen LogP contribution in [-0.4, -0.2) is 32.8 Å². The fourth-order valence-corrected chi connectivity index (χ4v) is 1.60. The van der Waals surface area contributed by atoms with Gasteiger partial charge in [-0.25, -0.2) is 4.79 Å². The Labute approximate surface area is 107 Å². The second-order valence-corrected chi connectivity index (χ2v) is 3.90. The maximum atomic E-state index is 11.4. The van der Waals surface area contributed by atoms with Gasteiger partial charge in [-0.05, 0) is 32.9 Å². The van der Waals surface area contributed by atoms with Crippen molar-refractivity contribution in [3.63, 3.8) is 0 Å². The fraction of sp³-hybridized carbons (Fsp3) is 0.615. The summed E-state index contributed by atoms with van der Waals surface area (Å²) in [7, 11) is 1.36. The molecule has 0 unspecified atom stereocenters. The third-order valence-corrected chi connectivity index (χ3v) is 2.52. The van der Waals surface area contributed by atoms with Crippen molar-refractivity contribution >= 4 is 5.97 Å². The first-order chi connectivity index (χ1) is 8.69. The van der Waals surface area contributed by atoms with Crippen LogP contribution in [0.4, 0.5) is 0 Å². The van der Waals surface area contributed by atoms with Gasteiger partial charge in [0.2, 0.25) is 0 Å². The summed E-state index contributed by atoms with van der Waals surface area (Å²) in [6.45, 7) is 6.70. The Hall–Kier alpha value is -1.33. The normalized spacial score (nSPS) is 10.6. The average Bonchev–Trinajstić information content (AvgIpc) is 2.74. The van der Waals surface area contributed by atoms with Gasteiger partial charge < -0.3 is 19.2 Å². The summed E-state index contributed by atoms with van der Waals surface area (Å²) in [5.74, 6) is 0.969. The second-order valence-electron chi connectivity index (χ2n) is 3.90. The molecule has 0 saturated carbocycles. The zero-order valence-electron chi connectivity index (χ0n) is 11.2. The predicted octanol–water partition coefficient (Wildman–Crippen LogP) is 1.89. The summed E-state index contributed by atoms with van der Waals surface area (Å²) in [5, 5.41) is 3.23. The molecule has 102 valence electrons. The lowest BCUT2D eigenvalue weighted by Gasteiger charge is -2.02. The van der Waals surface area contributed by atoms with Gasteiger partial charge in [-0.2, -0.15) is 0 Å². The molecule has 0 aromatic carbocycles. The third kappa shape index (κ3) is 4.50. The Morgan fingerprint density at radius 1 is 1.50 bits per heavy atom. The van der Waals surface area contributed by atoms with Crippen LogP contribution in [-0.2, 0) is 16.0 Å². The standard InChI is InChI=1S/C13H21NO4/c1-4-17-7-5-6-14-9-11-8-12(10(2)18-11)13(15)16-3/h8,14H,4-7,9H2,1-3H3. The van der Waals surface area contributed by atoms with Crippen LogP contribution in [0.15, 0.2) is 10.5 Å². The molecule has 1 heterocycles. The number of carbonyl (C=O) groups is 1. The molecular weight excluding hydrogens is 234 g/mol. The van der Waals surface area contributed by atoms with E-state index in [4.69, 9.17) is 9.15 Å². The molecule has 0 amide bonds. The summed E-state index contributed by atoms with van der Waals surface area (Å²) in [4.78, 5) is 11.4. The van der Waals surface area contributed by atoms with E-state index in [9.17, 15) is 4.79 Å². The van der Waals surface area contributed by atoms with Gasteiger partial charge in [0.25, 0.3) is 0 Å². The third-order valence-electron chi connectivity index (χ3n) is 2.52. The van der Waals surface area contributed by atoms with E-state index in [1.54, 1.807) is 13.0 Å². The number of carbonyl (C=O) groups excluding carboxylic acids is 1. The average molecular weight is 255 g/mol. The number of furan rings is 1. The Kier molecular flexibility index (Phi) is 6.46. The molecule has 18 heavy (non-hydrogen) atoms. The van der Waals surface area contributed by atoms with E-state index in [1.165, 1.54) is 7.11 Å². The van der Waals surface area contributed by atoms with Crippen LogP contribution in [0, 0.1) is 6.92 Å². The molecule has 0 saturated heterocycles. The van der Waals surface area contributed by atoms with Crippen molar-refractivity contribution in [1.29, 1.82) is 0 Å². The molecule has 5 nitrogen and oxygen atoms in total. The first kappa shape index (κ1) is 14.7. The van der Waals surface area contributed by atoms with Crippen molar-refractivity contribution in [1.82, 2.24) is 5.32 Å². The van der Waals surface area contributed by atoms with E-state index < -0.39 is 0 Å². The van der Waals surface area contributed by atoms with Crippen LogP contribution in [0.2, 0.25) is 0 Å². The van der Waals surface area contributed by atoms with Crippen LogP contribution in [0.5, 0.6) is 0 Å². The Bertz CT molecular complexity index is 373. The Morgan fingerprint density at radius 2 is 2.28 bits per heavy atom. The summed E-state index contributed by atoms with van der Waals surface area (Å²) >= 11 is 0. The summed E-state index contributed by atoms with van der Waals surface area (Å²) < 4.78 is 15.4. The Balaban J connectivity index is 2.33. The lowest BCUT2D eigenvalue weighted by molar-refractivity contribution is 0.0599. The molecule has 0 bridgehead atoms. The van der Waals surface area contributed by atoms with Gasteiger partial charge in [0.15, 0.2) is 0 Å². The summed E-state index contributed by atoms with van der Waals surface area (Å²) in [5.41, 5.74) is 0.489. The molecule has 0 spiro atoms.